The van der Waals surface area contributed by atoms with Gasteiger partial charge in [0.15, 0.2) is 0 Å². The van der Waals surface area contributed by atoms with Gasteiger partial charge in [0, 0.05) is 57.2 Å². The summed E-state index contributed by atoms with van der Waals surface area (Å²) in [6.45, 7) is 5.60. The molecular formula is C28H40N8O2. The van der Waals surface area contributed by atoms with Crippen molar-refractivity contribution in [2.75, 3.05) is 51.9 Å². The van der Waals surface area contributed by atoms with Crippen molar-refractivity contribution in [2.24, 2.45) is 0 Å². The average molecular weight is 521 g/mol. The van der Waals surface area contributed by atoms with Crippen LogP contribution in [0.25, 0.3) is 0 Å². The fourth-order valence-corrected chi connectivity index (χ4v) is 5.41. The molecule has 2 aromatic rings. The highest BCUT2D eigenvalue weighted by molar-refractivity contribution is 5.98. The highest BCUT2D eigenvalue weighted by atomic mass is 16.2. The van der Waals surface area contributed by atoms with Gasteiger partial charge >= 0.3 is 0 Å². The number of aromatic nitrogens is 2. The van der Waals surface area contributed by atoms with Crippen molar-refractivity contribution in [2.45, 2.75) is 50.6 Å². The molecule has 0 aromatic carbocycles. The summed E-state index contributed by atoms with van der Waals surface area (Å²) in [5.74, 6) is 1.58. The highest BCUT2D eigenvalue weighted by Gasteiger charge is 2.28. The van der Waals surface area contributed by atoms with Crippen LogP contribution in [0.15, 0.2) is 36.8 Å². The molecule has 10 nitrogen and oxygen atoms in total. The molecule has 2 fully saturated rings. The molecule has 3 heterocycles. The molecule has 1 saturated carbocycles. The second-order valence-electron chi connectivity index (χ2n) is 10.6. The molecule has 2 aliphatic rings. The molecule has 2 amide bonds. The van der Waals surface area contributed by atoms with E-state index in [0.29, 0.717) is 40.3 Å². The first-order chi connectivity index (χ1) is 18.2. The molecule has 1 aliphatic carbocycles. The molecule has 2 aromatic heterocycles. The number of carbonyl (C=O) groups is 2. The van der Waals surface area contributed by atoms with Gasteiger partial charge in [-0.1, -0.05) is 19.4 Å². The van der Waals surface area contributed by atoms with Crippen LogP contribution < -0.4 is 10.6 Å². The second kappa shape index (κ2) is 11.8. The van der Waals surface area contributed by atoms with Gasteiger partial charge < -0.3 is 35.3 Å². The summed E-state index contributed by atoms with van der Waals surface area (Å²) in [5.41, 5.74) is 1.74. The van der Waals surface area contributed by atoms with Crippen molar-refractivity contribution in [3.8, 4) is 0 Å². The van der Waals surface area contributed by atoms with E-state index in [2.05, 4.69) is 41.2 Å². The lowest BCUT2D eigenvalue weighted by atomic mass is 10.0. The molecule has 0 bridgehead atoms. The van der Waals surface area contributed by atoms with E-state index in [1.165, 1.54) is 6.21 Å². The Labute approximate surface area is 225 Å². The fourth-order valence-electron chi connectivity index (χ4n) is 5.41. The van der Waals surface area contributed by atoms with Gasteiger partial charge in [-0.3, -0.25) is 9.59 Å². The van der Waals surface area contributed by atoms with Crippen molar-refractivity contribution in [3.63, 3.8) is 0 Å². The largest absolute Gasteiger partial charge is 0.343 e. The predicted octanol–water partition coefficient (Wildman–Crippen LogP) is 3.86. The molecule has 0 radical (unpaired) electrons. The lowest BCUT2D eigenvalue weighted by Crippen LogP contribution is -2.44. The smallest absolute Gasteiger partial charge is 0.270 e. The summed E-state index contributed by atoms with van der Waals surface area (Å²) in [4.78, 5) is 36.0. The number of amides is 2. The molecular weight excluding hydrogens is 480 g/mol. The van der Waals surface area contributed by atoms with Crippen molar-refractivity contribution in [1.82, 2.24) is 24.3 Å². The Morgan fingerprint density at radius 3 is 2.32 bits per heavy atom. The van der Waals surface area contributed by atoms with Gasteiger partial charge in [0.05, 0.1) is 5.56 Å². The number of nitrogens with zero attached hydrogens (tertiary/aromatic N) is 5. The zero-order chi connectivity index (χ0) is 27.4. The first-order valence-electron chi connectivity index (χ1n) is 13.3. The summed E-state index contributed by atoms with van der Waals surface area (Å²) < 4.78 is 2.03. The zero-order valence-electron chi connectivity index (χ0n) is 23.0. The predicted molar refractivity (Wildman–Crippen MR) is 151 cm³/mol. The van der Waals surface area contributed by atoms with Crippen molar-refractivity contribution in [3.05, 3.63) is 53.6 Å². The minimum absolute atomic E-state index is 0.00121. The summed E-state index contributed by atoms with van der Waals surface area (Å²) in [6, 6.07) is 6.01. The number of likely N-dealkylation sites (tertiary alicyclic amines) is 1. The lowest BCUT2D eigenvalue weighted by molar-refractivity contribution is 0.0662. The third kappa shape index (κ3) is 5.91. The molecule has 4 rings (SSSR count). The van der Waals surface area contributed by atoms with E-state index in [9.17, 15) is 9.59 Å². The van der Waals surface area contributed by atoms with Crippen LogP contribution in [0.2, 0.25) is 0 Å². The summed E-state index contributed by atoms with van der Waals surface area (Å²) >= 11 is 0. The number of nitrogens with one attached hydrogen (secondary N) is 3. The number of piperidine rings is 1. The Kier molecular flexibility index (Phi) is 8.51. The maximum atomic E-state index is 13.0. The van der Waals surface area contributed by atoms with Gasteiger partial charge in [-0.05, 0) is 58.0 Å². The quantitative estimate of drug-likeness (QED) is 0.433. The van der Waals surface area contributed by atoms with Crippen molar-refractivity contribution >= 4 is 29.7 Å². The van der Waals surface area contributed by atoms with Gasteiger partial charge in [0.2, 0.25) is 0 Å². The van der Waals surface area contributed by atoms with E-state index >= 15 is 0 Å². The summed E-state index contributed by atoms with van der Waals surface area (Å²) in [6.07, 6.45) is 8.98. The zero-order valence-corrected chi connectivity index (χ0v) is 23.0. The molecule has 1 aliphatic heterocycles. The van der Waals surface area contributed by atoms with Gasteiger partial charge in [-0.25, -0.2) is 4.98 Å². The molecule has 3 N–H and O–H groups in total. The monoisotopic (exact) mass is 520 g/mol. The Morgan fingerprint density at radius 2 is 1.76 bits per heavy atom. The van der Waals surface area contributed by atoms with Crippen LogP contribution in [0.1, 0.15) is 71.0 Å². The SMILES string of the molecule is C=C(Nc1ccc(C(=O)N2CCC(N(C)C)CC2)cn1)Nc1c(C=N)cc(C(=O)N(C)C)n1C1CCCC1. The van der Waals surface area contributed by atoms with E-state index in [-0.39, 0.29) is 17.9 Å². The molecule has 204 valence electrons. The van der Waals surface area contributed by atoms with E-state index in [4.69, 9.17) is 5.41 Å². The molecule has 10 heteroatoms. The second-order valence-corrected chi connectivity index (χ2v) is 10.6. The van der Waals surface area contributed by atoms with Crippen LogP contribution >= 0.6 is 0 Å². The minimum atomic E-state index is -0.0977. The third-order valence-electron chi connectivity index (χ3n) is 7.58. The fraction of sp³-hybridized carbons (Fsp3) is 0.500. The van der Waals surface area contributed by atoms with Crippen LogP contribution in [0.5, 0.6) is 0 Å². The first-order valence-corrected chi connectivity index (χ1v) is 13.3. The van der Waals surface area contributed by atoms with Crippen LogP contribution in [0.4, 0.5) is 11.6 Å². The van der Waals surface area contributed by atoms with Gasteiger partial charge in [-0.15, -0.1) is 0 Å². The van der Waals surface area contributed by atoms with Gasteiger partial charge in [-0.2, -0.15) is 0 Å². The Bertz CT molecular complexity index is 1170. The first kappa shape index (κ1) is 27.4. The van der Waals surface area contributed by atoms with Gasteiger partial charge in [0.1, 0.15) is 23.2 Å². The van der Waals surface area contributed by atoms with E-state index in [1.54, 1.807) is 43.4 Å². The minimum Gasteiger partial charge on any atom is -0.343 e. The number of rotatable bonds is 9. The van der Waals surface area contributed by atoms with Crippen LogP contribution in [0.3, 0.4) is 0 Å². The van der Waals surface area contributed by atoms with E-state index in [0.717, 1.165) is 51.6 Å². The summed E-state index contributed by atoms with van der Waals surface area (Å²) in [7, 11) is 7.64. The number of pyridine rings is 1. The Hall–Kier alpha value is -3.66. The Balaban J connectivity index is 1.45. The Morgan fingerprint density at radius 1 is 1.08 bits per heavy atom. The van der Waals surface area contributed by atoms with E-state index < -0.39 is 0 Å². The van der Waals surface area contributed by atoms with Crippen LogP contribution in [0, 0.1) is 5.41 Å². The third-order valence-corrected chi connectivity index (χ3v) is 7.58. The van der Waals surface area contributed by atoms with Crippen LogP contribution in [-0.2, 0) is 0 Å². The standard InChI is InChI=1S/C28H40N8O2/c1-19(31-25-11-10-20(18-30-25)27(37)35-14-12-22(13-15-35)33(2)3)32-26-21(17-29)16-24(28(38)34(4)5)36(26)23-8-6-7-9-23/h10-11,16-18,22-23,29,32H,1,6-9,12-15H2,2-5H3,(H,30,31). The lowest BCUT2D eigenvalue weighted by Gasteiger charge is -2.35. The summed E-state index contributed by atoms with van der Waals surface area (Å²) in [5, 5.41) is 14.4. The van der Waals surface area contributed by atoms with E-state index in [1.807, 2.05) is 9.47 Å². The molecule has 0 unspecified atom stereocenters. The van der Waals surface area contributed by atoms with Crippen molar-refractivity contribution in [1.29, 1.82) is 5.41 Å². The molecule has 1 saturated heterocycles. The highest BCUT2D eigenvalue weighted by Crippen LogP contribution is 2.36. The normalized spacial score (nSPS) is 16.5. The van der Waals surface area contributed by atoms with Gasteiger partial charge in [0.25, 0.3) is 11.8 Å². The number of hydrogen-bond acceptors (Lipinski definition) is 7. The topological polar surface area (TPSA) is 110 Å². The maximum absolute atomic E-state index is 13.0. The number of hydrogen-bond donors (Lipinski definition) is 3. The molecule has 38 heavy (non-hydrogen) atoms. The maximum Gasteiger partial charge on any atom is 0.270 e. The molecule has 0 spiro atoms. The average Bonchev–Trinajstić information content (AvgIpc) is 3.56. The van der Waals surface area contributed by atoms with Crippen LogP contribution in [-0.4, -0.2) is 89.6 Å². The van der Waals surface area contributed by atoms with Crippen molar-refractivity contribution < 1.29 is 9.59 Å². The molecule has 0 atom stereocenters. The number of carbonyl (C=O) groups excluding carboxylic acids is 2. The number of anilines is 2.